The molecule has 3 saturated heterocycles. The van der Waals surface area contributed by atoms with E-state index in [1.807, 2.05) is 74.7 Å². The van der Waals surface area contributed by atoms with Crippen molar-refractivity contribution in [3.8, 4) is 0 Å². The summed E-state index contributed by atoms with van der Waals surface area (Å²) in [5.41, 5.74) is 0.908. The zero-order valence-corrected chi connectivity index (χ0v) is 21.7. The maximum atomic E-state index is 13.3. The first-order valence-electron chi connectivity index (χ1n) is 13.1. The van der Waals surface area contributed by atoms with Crippen LogP contribution in [0.4, 0.5) is 10.5 Å². The minimum absolute atomic E-state index is 0.0626. The average Bonchev–Trinajstić information content (AvgIpc) is 3.66. The number of piperidine rings is 1. The molecule has 3 aliphatic rings. The number of thiophene rings is 1. The van der Waals surface area contributed by atoms with Crippen LogP contribution >= 0.6 is 11.3 Å². The summed E-state index contributed by atoms with van der Waals surface area (Å²) >= 11 is 1.64. The first-order chi connectivity index (χ1) is 18.0. The first-order valence-corrected chi connectivity index (χ1v) is 14.0. The van der Waals surface area contributed by atoms with Gasteiger partial charge in [0, 0.05) is 49.4 Å². The van der Waals surface area contributed by atoms with E-state index in [0.29, 0.717) is 32.6 Å². The number of anilines is 1. The number of hydrogen-bond acceptors (Lipinski definition) is 4. The Morgan fingerprint density at radius 3 is 2.49 bits per heavy atom. The quantitative estimate of drug-likeness (QED) is 0.542. The number of hydrogen-bond donors (Lipinski definition) is 1. The van der Waals surface area contributed by atoms with Gasteiger partial charge in [-0.1, -0.05) is 42.5 Å². The summed E-state index contributed by atoms with van der Waals surface area (Å²) < 4.78 is 0. The number of carbonyl (C=O) groups excluding carboxylic acids is 3. The van der Waals surface area contributed by atoms with Crippen LogP contribution in [-0.4, -0.2) is 65.3 Å². The maximum absolute atomic E-state index is 13.3. The van der Waals surface area contributed by atoms with Crippen molar-refractivity contribution in [2.24, 2.45) is 11.3 Å². The molecule has 1 unspecified atom stereocenters. The second kappa shape index (κ2) is 9.82. The number of likely N-dealkylation sites (tertiary alicyclic amines) is 3. The third kappa shape index (κ3) is 4.82. The molecule has 3 fully saturated rings. The summed E-state index contributed by atoms with van der Waals surface area (Å²) in [5, 5.41) is 7.26. The van der Waals surface area contributed by atoms with Gasteiger partial charge in [0.05, 0.1) is 18.2 Å². The minimum atomic E-state index is -0.242. The van der Waals surface area contributed by atoms with E-state index in [0.717, 1.165) is 53.7 Å². The molecule has 0 radical (unpaired) electrons. The highest BCUT2D eigenvalue weighted by Crippen LogP contribution is 2.41. The Hall–Kier alpha value is -3.39. The Balaban J connectivity index is 1.02. The van der Waals surface area contributed by atoms with Gasteiger partial charge in [0.15, 0.2) is 0 Å². The molecular formula is C29H32N4O3S. The smallest absolute Gasteiger partial charge is 0.321 e. The highest BCUT2D eigenvalue weighted by atomic mass is 32.1. The van der Waals surface area contributed by atoms with Crippen LogP contribution in [-0.2, 0) is 16.1 Å². The zero-order chi connectivity index (χ0) is 25.4. The van der Waals surface area contributed by atoms with Crippen molar-refractivity contribution >= 4 is 45.6 Å². The van der Waals surface area contributed by atoms with Crippen molar-refractivity contribution in [2.75, 3.05) is 38.0 Å². The van der Waals surface area contributed by atoms with Crippen LogP contribution in [0.25, 0.3) is 10.8 Å². The number of benzene rings is 2. The lowest BCUT2D eigenvalue weighted by atomic mass is 9.78. The fourth-order valence-electron chi connectivity index (χ4n) is 6.18. The molecule has 0 aliphatic carbocycles. The number of amides is 4. The summed E-state index contributed by atoms with van der Waals surface area (Å²) in [6.07, 6.45) is 3.08. The first kappa shape index (κ1) is 24.0. The third-order valence-electron chi connectivity index (χ3n) is 8.38. The molecule has 1 atom stereocenters. The fourth-order valence-corrected chi connectivity index (χ4v) is 6.90. The summed E-state index contributed by atoms with van der Waals surface area (Å²) in [6, 6.07) is 18.0. The van der Waals surface area contributed by atoms with E-state index in [1.54, 1.807) is 11.3 Å². The van der Waals surface area contributed by atoms with Gasteiger partial charge in [0.1, 0.15) is 0 Å². The molecule has 4 heterocycles. The molecule has 2 aromatic carbocycles. The fraction of sp³-hybridized carbons (Fsp3) is 0.414. The second-order valence-electron chi connectivity index (χ2n) is 10.7. The van der Waals surface area contributed by atoms with Gasteiger partial charge in [-0.05, 0) is 47.6 Å². The molecule has 6 rings (SSSR count). The van der Waals surface area contributed by atoms with Crippen molar-refractivity contribution < 1.29 is 14.4 Å². The number of fused-ring (bicyclic) bond motifs is 1. The van der Waals surface area contributed by atoms with Crippen LogP contribution < -0.4 is 5.32 Å². The van der Waals surface area contributed by atoms with Crippen molar-refractivity contribution in [1.82, 2.24) is 14.7 Å². The zero-order valence-electron chi connectivity index (χ0n) is 20.9. The molecule has 37 heavy (non-hydrogen) atoms. The largest absolute Gasteiger partial charge is 0.342 e. The number of nitrogens with one attached hydrogen (secondary N) is 1. The number of nitrogens with zero attached hydrogens (tertiary/aromatic N) is 3. The summed E-state index contributed by atoms with van der Waals surface area (Å²) in [4.78, 5) is 45.8. The average molecular weight is 517 g/mol. The molecular weight excluding hydrogens is 484 g/mol. The minimum Gasteiger partial charge on any atom is -0.342 e. The van der Waals surface area contributed by atoms with E-state index in [2.05, 4.69) is 5.32 Å². The van der Waals surface area contributed by atoms with Gasteiger partial charge in [0.2, 0.25) is 11.8 Å². The van der Waals surface area contributed by atoms with E-state index in [-0.39, 0.29) is 29.2 Å². The normalized spacial score (nSPS) is 21.2. The highest BCUT2D eigenvalue weighted by Gasteiger charge is 2.45. The monoisotopic (exact) mass is 516 g/mol. The second-order valence-corrected chi connectivity index (χ2v) is 11.7. The SMILES string of the molecule is O=C1CC(C(=O)N2CCC3(CCN(C(=O)Nc4cccc5ccccc45)CC3)C2)CN1Cc1cccs1. The maximum Gasteiger partial charge on any atom is 0.321 e. The Morgan fingerprint density at radius 2 is 1.70 bits per heavy atom. The summed E-state index contributed by atoms with van der Waals surface area (Å²) in [6.45, 7) is 3.98. The van der Waals surface area contributed by atoms with Crippen LogP contribution in [0.5, 0.6) is 0 Å². The van der Waals surface area contributed by atoms with Crippen LogP contribution in [0.1, 0.15) is 30.6 Å². The molecule has 7 nitrogen and oxygen atoms in total. The topological polar surface area (TPSA) is 73.0 Å². The lowest BCUT2D eigenvalue weighted by Crippen LogP contribution is -2.46. The van der Waals surface area contributed by atoms with E-state index >= 15 is 0 Å². The Morgan fingerprint density at radius 1 is 0.946 bits per heavy atom. The van der Waals surface area contributed by atoms with Gasteiger partial charge >= 0.3 is 6.03 Å². The third-order valence-corrected chi connectivity index (χ3v) is 9.24. The Labute approximate surface area is 221 Å². The Kier molecular flexibility index (Phi) is 6.36. The number of urea groups is 1. The molecule has 1 aromatic heterocycles. The molecule has 4 amide bonds. The van der Waals surface area contributed by atoms with E-state index < -0.39 is 0 Å². The molecule has 1 N–H and O–H groups in total. The van der Waals surface area contributed by atoms with Crippen molar-refractivity contribution in [1.29, 1.82) is 0 Å². The van der Waals surface area contributed by atoms with Gasteiger partial charge in [0.25, 0.3) is 0 Å². The number of rotatable bonds is 4. The lowest BCUT2D eigenvalue weighted by Gasteiger charge is -2.39. The molecule has 0 saturated carbocycles. The molecule has 3 aromatic rings. The molecule has 3 aliphatic heterocycles. The lowest BCUT2D eigenvalue weighted by molar-refractivity contribution is -0.135. The van der Waals surface area contributed by atoms with Gasteiger partial charge < -0.3 is 20.0 Å². The van der Waals surface area contributed by atoms with E-state index in [9.17, 15) is 14.4 Å². The molecule has 0 bridgehead atoms. The summed E-state index contributed by atoms with van der Waals surface area (Å²) in [7, 11) is 0. The van der Waals surface area contributed by atoms with E-state index in [4.69, 9.17) is 0 Å². The van der Waals surface area contributed by atoms with Crippen LogP contribution in [0.15, 0.2) is 60.0 Å². The van der Waals surface area contributed by atoms with Gasteiger partial charge in [-0.2, -0.15) is 0 Å². The van der Waals surface area contributed by atoms with Crippen molar-refractivity contribution in [3.05, 3.63) is 64.9 Å². The van der Waals surface area contributed by atoms with Crippen LogP contribution in [0.2, 0.25) is 0 Å². The van der Waals surface area contributed by atoms with Gasteiger partial charge in [-0.3, -0.25) is 9.59 Å². The van der Waals surface area contributed by atoms with Crippen LogP contribution in [0, 0.1) is 11.3 Å². The van der Waals surface area contributed by atoms with Gasteiger partial charge in [-0.15, -0.1) is 11.3 Å². The highest BCUT2D eigenvalue weighted by molar-refractivity contribution is 7.09. The van der Waals surface area contributed by atoms with Crippen LogP contribution in [0.3, 0.4) is 0 Å². The molecule has 1 spiro atoms. The van der Waals surface area contributed by atoms with Crippen molar-refractivity contribution in [2.45, 2.75) is 32.2 Å². The standard InChI is InChI=1S/C29H32N4O3S/c34-26-17-22(18-33(26)19-23-7-4-16-37-23)27(35)32-15-12-29(20-32)10-13-31(14-11-29)28(36)30-25-9-3-6-21-5-1-2-8-24(21)25/h1-9,16,22H,10-15,17-20H2,(H,30,36). The molecule has 192 valence electrons. The molecule has 8 heteroatoms. The number of carbonyl (C=O) groups is 3. The van der Waals surface area contributed by atoms with E-state index in [1.165, 1.54) is 0 Å². The predicted molar refractivity (Wildman–Crippen MR) is 145 cm³/mol. The summed E-state index contributed by atoms with van der Waals surface area (Å²) in [5.74, 6) is -0.0459. The predicted octanol–water partition coefficient (Wildman–Crippen LogP) is 4.80. The Bertz CT molecular complexity index is 1310. The van der Waals surface area contributed by atoms with Crippen molar-refractivity contribution in [3.63, 3.8) is 0 Å². The van der Waals surface area contributed by atoms with Gasteiger partial charge in [-0.25, -0.2) is 4.79 Å².